The second kappa shape index (κ2) is 6.29. The molecule has 1 aromatic rings. The summed E-state index contributed by atoms with van der Waals surface area (Å²) >= 11 is 0. The van der Waals surface area contributed by atoms with Crippen molar-refractivity contribution in [2.75, 3.05) is 11.9 Å². The Hall–Kier alpha value is -1.51. The van der Waals surface area contributed by atoms with E-state index >= 15 is 0 Å². The normalized spacial score (nSPS) is 14.7. The Morgan fingerprint density at radius 1 is 1.20 bits per heavy atom. The van der Waals surface area contributed by atoms with Gasteiger partial charge in [-0.3, -0.25) is 4.79 Å². The summed E-state index contributed by atoms with van der Waals surface area (Å²) in [6.45, 7) is 7.53. The molecule has 0 radical (unpaired) electrons. The fourth-order valence-electron chi connectivity index (χ4n) is 2.39. The van der Waals surface area contributed by atoms with Crippen LogP contribution in [-0.2, 0) is 11.2 Å². The van der Waals surface area contributed by atoms with Crippen LogP contribution in [0.5, 0.6) is 5.75 Å². The Labute approximate surface area is 121 Å². The standard InChI is InChI=1S/C17H25NO2/c1-17(2,3)10-4-5-11-20-14-8-6-13-7-9-16(19)18-15(13)12-14/h6,8,12H,4-5,7,9-11H2,1-3H3,(H,18,19). The average molecular weight is 275 g/mol. The zero-order chi connectivity index (χ0) is 14.6. The van der Waals surface area contributed by atoms with Gasteiger partial charge in [0.15, 0.2) is 0 Å². The van der Waals surface area contributed by atoms with Crippen molar-refractivity contribution >= 4 is 11.6 Å². The molecule has 0 aliphatic carbocycles. The number of unbranched alkanes of at least 4 members (excludes halogenated alkanes) is 1. The van der Waals surface area contributed by atoms with Crippen LogP contribution >= 0.6 is 0 Å². The highest BCUT2D eigenvalue weighted by Gasteiger charge is 2.15. The molecule has 20 heavy (non-hydrogen) atoms. The smallest absolute Gasteiger partial charge is 0.224 e. The number of benzene rings is 1. The van der Waals surface area contributed by atoms with Crippen LogP contribution in [0.4, 0.5) is 5.69 Å². The first-order chi connectivity index (χ1) is 9.44. The molecule has 0 atom stereocenters. The molecular formula is C17H25NO2. The minimum absolute atomic E-state index is 0.0971. The summed E-state index contributed by atoms with van der Waals surface area (Å²) in [5.41, 5.74) is 2.51. The van der Waals surface area contributed by atoms with Gasteiger partial charge in [0.25, 0.3) is 0 Å². The number of rotatable bonds is 5. The van der Waals surface area contributed by atoms with E-state index in [1.54, 1.807) is 0 Å². The fourth-order valence-corrected chi connectivity index (χ4v) is 2.39. The maximum Gasteiger partial charge on any atom is 0.224 e. The molecule has 0 saturated carbocycles. The number of nitrogens with one attached hydrogen (secondary N) is 1. The average Bonchev–Trinajstić information content (AvgIpc) is 2.36. The monoisotopic (exact) mass is 275 g/mol. The third-order valence-corrected chi connectivity index (χ3v) is 3.57. The Balaban J connectivity index is 1.79. The fraction of sp³-hybridized carbons (Fsp3) is 0.588. The van der Waals surface area contributed by atoms with Gasteiger partial charge < -0.3 is 10.1 Å². The van der Waals surface area contributed by atoms with E-state index in [2.05, 4.69) is 32.2 Å². The lowest BCUT2D eigenvalue weighted by atomic mass is 9.90. The number of fused-ring (bicyclic) bond motifs is 1. The lowest BCUT2D eigenvalue weighted by molar-refractivity contribution is -0.116. The molecular weight excluding hydrogens is 250 g/mol. The maximum absolute atomic E-state index is 11.4. The molecule has 0 fully saturated rings. The highest BCUT2D eigenvalue weighted by atomic mass is 16.5. The van der Waals surface area contributed by atoms with Gasteiger partial charge in [0, 0.05) is 18.2 Å². The van der Waals surface area contributed by atoms with Crippen LogP contribution in [0.25, 0.3) is 0 Å². The van der Waals surface area contributed by atoms with E-state index in [4.69, 9.17) is 4.74 Å². The lowest BCUT2D eigenvalue weighted by Gasteiger charge is -2.19. The van der Waals surface area contributed by atoms with Crippen molar-refractivity contribution in [1.82, 2.24) is 0 Å². The predicted octanol–water partition coefficient (Wildman–Crippen LogP) is 4.17. The molecule has 2 rings (SSSR count). The second-order valence-electron chi connectivity index (χ2n) is 6.73. The van der Waals surface area contributed by atoms with E-state index in [0.29, 0.717) is 11.8 Å². The highest BCUT2D eigenvalue weighted by molar-refractivity contribution is 5.94. The molecule has 0 bridgehead atoms. The summed E-state index contributed by atoms with van der Waals surface area (Å²) in [5, 5.41) is 2.90. The zero-order valence-electron chi connectivity index (χ0n) is 12.8. The number of carbonyl (C=O) groups excluding carboxylic acids is 1. The second-order valence-corrected chi connectivity index (χ2v) is 6.73. The molecule has 1 amide bonds. The molecule has 0 saturated heterocycles. The molecule has 1 aliphatic heterocycles. The van der Waals surface area contributed by atoms with Crippen LogP contribution in [0.15, 0.2) is 18.2 Å². The summed E-state index contributed by atoms with van der Waals surface area (Å²) in [4.78, 5) is 11.4. The minimum atomic E-state index is 0.0971. The quantitative estimate of drug-likeness (QED) is 0.819. The topological polar surface area (TPSA) is 38.3 Å². The molecule has 1 aliphatic rings. The first kappa shape index (κ1) is 14.9. The Morgan fingerprint density at radius 2 is 2.00 bits per heavy atom. The van der Waals surface area contributed by atoms with Gasteiger partial charge in [0.1, 0.15) is 5.75 Å². The third-order valence-electron chi connectivity index (χ3n) is 3.57. The van der Waals surface area contributed by atoms with Gasteiger partial charge in [-0.2, -0.15) is 0 Å². The maximum atomic E-state index is 11.4. The van der Waals surface area contributed by atoms with E-state index in [0.717, 1.165) is 30.9 Å². The number of anilines is 1. The molecule has 0 spiro atoms. The predicted molar refractivity (Wildman–Crippen MR) is 82.2 cm³/mol. The van der Waals surface area contributed by atoms with Crippen molar-refractivity contribution in [1.29, 1.82) is 0 Å². The van der Waals surface area contributed by atoms with Crippen molar-refractivity contribution in [2.24, 2.45) is 5.41 Å². The zero-order valence-corrected chi connectivity index (χ0v) is 12.8. The number of hydrogen-bond donors (Lipinski definition) is 1. The molecule has 0 aromatic heterocycles. The molecule has 110 valence electrons. The van der Waals surface area contributed by atoms with E-state index in [9.17, 15) is 4.79 Å². The largest absolute Gasteiger partial charge is 0.494 e. The van der Waals surface area contributed by atoms with E-state index < -0.39 is 0 Å². The molecule has 3 nitrogen and oxygen atoms in total. The molecule has 1 aromatic carbocycles. The summed E-state index contributed by atoms with van der Waals surface area (Å²) < 4.78 is 5.77. The summed E-state index contributed by atoms with van der Waals surface area (Å²) in [7, 11) is 0. The SMILES string of the molecule is CC(C)(C)CCCCOc1ccc2c(c1)NC(=O)CC2. The van der Waals surface area contributed by atoms with E-state index in [-0.39, 0.29) is 5.91 Å². The van der Waals surface area contributed by atoms with Gasteiger partial charge >= 0.3 is 0 Å². The van der Waals surface area contributed by atoms with Crippen molar-refractivity contribution < 1.29 is 9.53 Å². The van der Waals surface area contributed by atoms with Crippen molar-refractivity contribution in [3.63, 3.8) is 0 Å². The number of carbonyl (C=O) groups is 1. The minimum Gasteiger partial charge on any atom is -0.494 e. The van der Waals surface area contributed by atoms with Crippen molar-refractivity contribution in [2.45, 2.75) is 52.9 Å². The van der Waals surface area contributed by atoms with Crippen LogP contribution < -0.4 is 10.1 Å². The van der Waals surface area contributed by atoms with E-state index in [1.807, 2.05) is 12.1 Å². The number of aryl methyl sites for hydroxylation is 1. The van der Waals surface area contributed by atoms with Crippen LogP contribution in [0.3, 0.4) is 0 Å². The molecule has 1 N–H and O–H groups in total. The van der Waals surface area contributed by atoms with E-state index in [1.165, 1.54) is 18.4 Å². The molecule has 0 unspecified atom stereocenters. The van der Waals surface area contributed by atoms with Crippen LogP contribution in [0.2, 0.25) is 0 Å². The first-order valence-corrected chi connectivity index (χ1v) is 7.50. The first-order valence-electron chi connectivity index (χ1n) is 7.50. The van der Waals surface area contributed by atoms with Gasteiger partial charge in [0.05, 0.1) is 6.61 Å². The van der Waals surface area contributed by atoms with Gasteiger partial charge in [-0.25, -0.2) is 0 Å². The highest BCUT2D eigenvalue weighted by Crippen LogP contribution is 2.27. The summed E-state index contributed by atoms with van der Waals surface area (Å²) in [5.74, 6) is 0.946. The van der Waals surface area contributed by atoms with Gasteiger partial charge in [-0.1, -0.05) is 26.8 Å². The number of ether oxygens (including phenoxy) is 1. The molecule has 1 heterocycles. The number of hydrogen-bond acceptors (Lipinski definition) is 2. The summed E-state index contributed by atoms with van der Waals surface area (Å²) in [6, 6.07) is 6.00. The Bertz CT molecular complexity index is 474. The molecule has 3 heteroatoms. The van der Waals surface area contributed by atoms with Gasteiger partial charge in [-0.05, 0) is 42.7 Å². The van der Waals surface area contributed by atoms with Gasteiger partial charge in [-0.15, -0.1) is 0 Å². The summed E-state index contributed by atoms with van der Waals surface area (Å²) in [6.07, 6.45) is 4.88. The Kier molecular flexibility index (Phi) is 4.69. The van der Waals surface area contributed by atoms with Crippen molar-refractivity contribution in [3.05, 3.63) is 23.8 Å². The Morgan fingerprint density at radius 3 is 2.75 bits per heavy atom. The van der Waals surface area contributed by atoms with Crippen LogP contribution in [0.1, 0.15) is 52.0 Å². The van der Waals surface area contributed by atoms with Crippen LogP contribution in [-0.4, -0.2) is 12.5 Å². The van der Waals surface area contributed by atoms with Crippen LogP contribution in [0, 0.1) is 5.41 Å². The third kappa shape index (κ3) is 4.55. The lowest BCUT2D eigenvalue weighted by Crippen LogP contribution is -2.18. The number of amides is 1. The van der Waals surface area contributed by atoms with Crippen molar-refractivity contribution in [3.8, 4) is 5.75 Å². The van der Waals surface area contributed by atoms with Gasteiger partial charge in [0.2, 0.25) is 5.91 Å².